The highest BCUT2D eigenvalue weighted by Crippen LogP contribution is 2.30. The molecule has 0 unspecified atom stereocenters. The van der Waals surface area contributed by atoms with Crippen LogP contribution >= 0.6 is 0 Å². The van der Waals surface area contributed by atoms with Gasteiger partial charge >= 0.3 is 0 Å². The molecule has 3 rings (SSSR count). The van der Waals surface area contributed by atoms with E-state index in [0.717, 1.165) is 35.6 Å². The average molecular weight is 341 g/mol. The quantitative estimate of drug-likeness (QED) is 0.758. The van der Waals surface area contributed by atoms with Crippen molar-refractivity contribution >= 4 is 11.6 Å². The first kappa shape index (κ1) is 17.1. The molecule has 0 bridgehead atoms. The van der Waals surface area contributed by atoms with Crippen LogP contribution in [0.4, 0.5) is 5.69 Å². The third kappa shape index (κ3) is 3.68. The summed E-state index contributed by atoms with van der Waals surface area (Å²) in [6, 6.07) is 5.61. The Labute approximate surface area is 147 Å². The smallest absolute Gasteiger partial charge is 0.231 e. The lowest BCUT2D eigenvalue weighted by Gasteiger charge is -2.25. The Kier molecular flexibility index (Phi) is 5.07. The summed E-state index contributed by atoms with van der Waals surface area (Å²) in [5.74, 6) is 1.55. The van der Waals surface area contributed by atoms with Crippen LogP contribution in [-0.2, 0) is 18.4 Å². The number of nitrogens with zero attached hydrogens (tertiary/aromatic N) is 3. The van der Waals surface area contributed by atoms with Gasteiger partial charge in [0, 0.05) is 24.7 Å². The molecule has 1 aliphatic rings. The van der Waals surface area contributed by atoms with E-state index in [0.29, 0.717) is 6.54 Å². The van der Waals surface area contributed by atoms with Crippen molar-refractivity contribution < 1.29 is 14.3 Å². The molecule has 0 spiro atoms. The van der Waals surface area contributed by atoms with Crippen molar-refractivity contribution in [1.82, 2.24) is 9.78 Å². The molecule has 0 radical (unpaired) electrons. The van der Waals surface area contributed by atoms with Gasteiger partial charge in [0.1, 0.15) is 11.5 Å². The van der Waals surface area contributed by atoms with Crippen molar-refractivity contribution in [2.45, 2.75) is 19.4 Å². The first-order valence-corrected chi connectivity index (χ1v) is 8.28. The largest absolute Gasteiger partial charge is 0.497 e. The first-order chi connectivity index (χ1) is 12.1. The number of aryl methyl sites for hydroxylation is 1. The van der Waals surface area contributed by atoms with Crippen molar-refractivity contribution in [3.63, 3.8) is 0 Å². The Morgan fingerprint density at radius 3 is 2.64 bits per heavy atom. The third-order valence-electron chi connectivity index (χ3n) is 4.44. The average Bonchev–Trinajstić information content (AvgIpc) is 3.30. The van der Waals surface area contributed by atoms with Crippen LogP contribution in [0.3, 0.4) is 0 Å². The van der Waals surface area contributed by atoms with Crippen molar-refractivity contribution in [1.29, 1.82) is 0 Å². The van der Waals surface area contributed by atoms with Crippen molar-refractivity contribution in [3.05, 3.63) is 48.3 Å². The maximum Gasteiger partial charge on any atom is 0.231 e. The lowest BCUT2D eigenvalue weighted by Crippen LogP contribution is -2.35. The molecule has 0 aliphatic heterocycles. The molecule has 1 aliphatic carbocycles. The van der Waals surface area contributed by atoms with Crippen LogP contribution in [0.15, 0.2) is 42.7 Å². The fourth-order valence-electron chi connectivity index (χ4n) is 3.06. The maximum absolute atomic E-state index is 13.1. The Hall–Kier alpha value is -2.76. The molecule has 0 N–H and O–H groups in total. The van der Waals surface area contributed by atoms with Crippen LogP contribution in [0.1, 0.15) is 18.4 Å². The van der Waals surface area contributed by atoms with E-state index in [1.807, 2.05) is 31.4 Å². The molecular weight excluding hydrogens is 318 g/mol. The van der Waals surface area contributed by atoms with E-state index in [9.17, 15) is 4.79 Å². The molecule has 0 atom stereocenters. The van der Waals surface area contributed by atoms with Crippen LogP contribution < -0.4 is 14.4 Å². The predicted molar refractivity (Wildman–Crippen MR) is 95.8 cm³/mol. The van der Waals surface area contributed by atoms with E-state index in [1.165, 1.54) is 0 Å². The summed E-state index contributed by atoms with van der Waals surface area (Å²) in [4.78, 5) is 14.9. The minimum absolute atomic E-state index is 0.0168. The first-order valence-electron chi connectivity index (χ1n) is 8.28. The van der Waals surface area contributed by atoms with Gasteiger partial charge in [0.05, 0.1) is 32.6 Å². The Bertz CT molecular complexity index is 774. The van der Waals surface area contributed by atoms with Gasteiger partial charge in [-0.25, -0.2) is 0 Å². The number of ether oxygens (including phenoxy) is 2. The molecule has 132 valence electrons. The van der Waals surface area contributed by atoms with E-state index < -0.39 is 0 Å². The number of methoxy groups -OCH3 is 2. The van der Waals surface area contributed by atoms with Crippen molar-refractivity contribution in [2.75, 3.05) is 19.1 Å². The molecule has 0 fully saturated rings. The second kappa shape index (κ2) is 7.42. The summed E-state index contributed by atoms with van der Waals surface area (Å²) in [6.45, 7) is 0.404. The minimum Gasteiger partial charge on any atom is -0.497 e. The molecule has 0 saturated heterocycles. The van der Waals surface area contributed by atoms with Crippen LogP contribution in [0, 0.1) is 5.92 Å². The predicted octanol–water partition coefficient (Wildman–Crippen LogP) is 2.94. The maximum atomic E-state index is 13.1. The van der Waals surface area contributed by atoms with Gasteiger partial charge in [-0.15, -0.1) is 0 Å². The van der Waals surface area contributed by atoms with Crippen molar-refractivity contribution in [3.8, 4) is 11.5 Å². The molecular formula is C19H23N3O3. The third-order valence-corrected chi connectivity index (χ3v) is 4.44. The van der Waals surface area contributed by atoms with Crippen LogP contribution in [0.25, 0.3) is 0 Å². The summed E-state index contributed by atoms with van der Waals surface area (Å²) >= 11 is 0. The molecule has 6 nitrogen and oxygen atoms in total. The molecule has 6 heteroatoms. The number of carbonyl (C=O) groups is 1. The summed E-state index contributed by atoms with van der Waals surface area (Å²) in [5.41, 5.74) is 1.68. The summed E-state index contributed by atoms with van der Waals surface area (Å²) in [6.07, 6.45) is 9.27. The molecule has 25 heavy (non-hydrogen) atoms. The standard InChI is InChI=1S/C19H23N3O3/c1-21-13-16(11-20-21)22(19(23)14-6-4-5-7-14)12-15-10-17(24-2)8-9-18(15)25-3/h4-5,8-11,13-14H,6-7,12H2,1-3H3. The van der Waals surface area contributed by atoms with Gasteiger partial charge in [-0.2, -0.15) is 5.10 Å². The molecule has 2 aromatic rings. The number of anilines is 1. The van der Waals surface area contributed by atoms with Gasteiger partial charge in [0.2, 0.25) is 5.91 Å². The summed E-state index contributed by atoms with van der Waals surface area (Å²) in [5, 5.41) is 4.22. The number of allylic oxidation sites excluding steroid dienone is 2. The Balaban J connectivity index is 1.93. The number of amides is 1. The van der Waals surface area contributed by atoms with E-state index in [4.69, 9.17) is 9.47 Å². The van der Waals surface area contributed by atoms with Crippen molar-refractivity contribution in [2.24, 2.45) is 13.0 Å². The van der Waals surface area contributed by atoms with Crippen LogP contribution in [0.2, 0.25) is 0 Å². The Morgan fingerprint density at radius 2 is 2.04 bits per heavy atom. The van der Waals surface area contributed by atoms with Gasteiger partial charge in [-0.1, -0.05) is 12.2 Å². The van der Waals surface area contributed by atoms with Gasteiger partial charge in [-0.05, 0) is 31.0 Å². The summed E-state index contributed by atoms with van der Waals surface area (Å²) < 4.78 is 12.5. The normalized spacial score (nSPS) is 13.9. The molecule has 1 aromatic carbocycles. The number of benzene rings is 1. The monoisotopic (exact) mass is 341 g/mol. The minimum atomic E-state index is -0.0168. The second-order valence-corrected chi connectivity index (χ2v) is 6.11. The van der Waals surface area contributed by atoms with Gasteiger partial charge in [0.25, 0.3) is 0 Å². The molecule has 1 aromatic heterocycles. The van der Waals surface area contributed by atoms with E-state index >= 15 is 0 Å². The highest BCUT2D eigenvalue weighted by Gasteiger charge is 2.27. The zero-order valence-electron chi connectivity index (χ0n) is 14.8. The molecule has 1 amide bonds. The van der Waals surface area contributed by atoms with Gasteiger partial charge < -0.3 is 14.4 Å². The highest BCUT2D eigenvalue weighted by molar-refractivity contribution is 5.95. The number of hydrogen-bond acceptors (Lipinski definition) is 4. The number of carbonyl (C=O) groups excluding carboxylic acids is 1. The highest BCUT2D eigenvalue weighted by atomic mass is 16.5. The lowest BCUT2D eigenvalue weighted by molar-refractivity contribution is -0.122. The van der Waals surface area contributed by atoms with Gasteiger partial charge in [0.15, 0.2) is 0 Å². The topological polar surface area (TPSA) is 56.6 Å². The SMILES string of the molecule is COc1ccc(OC)c(CN(C(=O)C2CC=CC2)c2cnn(C)c2)c1. The molecule has 1 heterocycles. The number of hydrogen-bond donors (Lipinski definition) is 0. The Morgan fingerprint density at radius 1 is 1.28 bits per heavy atom. The van der Waals surface area contributed by atoms with E-state index in [1.54, 1.807) is 30.0 Å². The second-order valence-electron chi connectivity index (χ2n) is 6.11. The fraction of sp³-hybridized carbons (Fsp3) is 0.368. The van der Waals surface area contributed by atoms with E-state index in [2.05, 4.69) is 17.3 Å². The summed E-state index contributed by atoms with van der Waals surface area (Å²) in [7, 11) is 5.09. The van der Waals surface area contributed by atoms with Crippen LogP contribution in [0.5, 0.6) is 11.5 Å². The number of rotatable bonds is 6. The fourth-order valence-corrected chi connectivity index (χ4v) is 3.06. The zero-order valence-corrected chi connectivity index (χ0v) is 14.8. The zero-order chi connectivity index (χ0) is 17.8. The lowest BCUT2D eigenvalue weighted by atomic mass is 10.0. The van der Waals surface area contributed by atoms with Crippen LogP contribution in [-0.4, -0.2) is 29.9 Å². The van der Waals surface area contributed by atoms with E-state index in [-0.39, 0.29) is 11.8 Å². The van der Waals surface area contributed by atoms with Gasteiger partial charge in [-0.3, -0.25) is 9.48 Å². The number of aromatic nitrogens is 2. The molecule has 0 saturated carbocycles.